The maximum absolute atomic E-state index is 12.6. The molecule has 11 nitrogen and oxygen atoms in total. The van der Waals surface area contributed by atoms with Crippen molar-refractivity contribution in [2.45, 2.75) is 63.8 Å². The zero-order valence-corrected chi connectivity index (χ0v) is 24.5. The smallest absolute Gasteiger partial charge is 0.406 e. The van der Waals surface area contributed by atoms with Gasteiger partial charge >= 0.3 is 6.36 Å². The van der Waals surface area contributed by atoms with Gasteiger partial charge in [-0.25, -0.2) is 9.97 Å². The van der Waals surface area contributed by atoms with Crippen molar-refractivity contribution in [2.24, 2.45) is 5.92 Å². The first-order valence-corrected chi connectivity index (χ1v) is 14.6. The second kappa shape index (κ2) is 12.9. The second-order valence-corrected chi connectivity index (χ2v) is 11.6. The van der Waals surface area contributed by atoms with Crippen LogP contribution in [0.5, 0.6) is 5.75 Å². The van der Waals surface area contributed by atoms with Crippen molar-refractivity contribution in [3.05, 3.63) is 53.5 Å². The standard InChI is InChI=1S/C29H30F3N7O4S/c1-14(16-5-7-18(8-6-16)43-29(30,31)32)35-28-36-15(2)22(26(39-28)37-20-12-17(13-40)24(41)25(20)42)27-38-23-19(4-3-10-33)34-11-9-21(23)44-27/h5-9,11,14,17,20,24-25,40-42H,3-4,12-13H2,1-2H3,(H2,35,36,37,39)/t14-,17-,20-,24-,25+/m1/s1. The lowest BCUT2D eigenvalue weighted by atomic mass is 10.1. The molecular weight excluding hydrogens is 599 g/mol. The van der Waals surface area contributed by atoms with Crippen molar-refractivity contribution < 1.29 is 33.2 Å². The van der Waals surface area contributed by atoms with E-state index in [9.17, 15) is 28.5 Å². The number of anilines is 2. The highest BCUT2D eigenvalue weighted by Crippen LogP contribution is 2.39. The van der Waals surface area contributed by atoms with Gasteiger partial charge in [0.25, 0.3) is 0 Å². The quantitative estimate of drug-likeness (QED) is 0.167. The van der Waals surface area contributed by atoms with E-state index < -0.39 is 36.6 Å². The minimum atomic E-state index is -4.79. The molecule has 0 radical (unpaired) electrons. The number of ether oxygens (including phenoxy) is 1. The van der Waals surface area contributed by atoms with Gasteiger partial charge in [0.1, 0.15) is 28.2 Å². The highest BCUT2D eigenvalue weighted by Gasteiger charge is 2.41. The van der Waals surface area contributed by atoms with E-state index in [4.69, 9.17) is 15.2 Å². The van der Waals surface area contributed by atoms with Crippen LogP contribution in [0.2, 0.25) is 0 Å². The molecule has 44 heavy (non-hydrogen) atoms. The van der Waals surface area contributed by atoms with Gasteiger partial charge in [0.2, 0.25) is 5.95 Å². The molecule has 1 aliphatic carbocycles. The number of thiazole rings is 1. The van der Waals surface area contributed by atoms with Crippen molar-refractivity contribution in [1.82, 2.24) is 19.9 Å². The normalized spacial score (nSPS) is 20.8. The van der Waals surface area contributed by atoms with Crippen LogP contribution in [0.4, 0.5) is 24.9 Å². The molecule has 5 rings (SSSR count). The molecule has 5 N–H and O–H groups in total. The van der Waals surface area contributed by atoms with E-state index in [1.165, 1.54) is 35.6 Å². The number of aryl methyl sites for hydroxylation is 2. The van der Waals surface area contributed by atoms with Gasteiger partial charge in [-0.05, 0) is 44.0 Å². The molecule has 3 heterocycles. The third-order valence-corrected chi connectivity index (χ3v) is 8.52. The van der Waals surface area contributed by atoms with Crippen LogP contribution in [0.15, 0.2) is 36.5 Å². The molecule has 0 spiro atoms. The lowest BCUT2D eigenvalue weighted by Gasteiger charge is -2.22. The maximum Gasteiger partial charge on any atom is 0.573 e. The third kappa shape index (κ3) is 6.83. The number of fused-ring (bicyclic) bond motifs is 1. The third-order valence-electron chi connectivity index (χ3n) is 7.48. The Hall–Kier alpha value is -4.10. The minimum absolute atomic E-state index is 0.209. The van der Waals surface area contributed by atoms with Crippen LogP contribution in [-0.4, -0.2) is 66.5 Å². The van der Waals surface area contributed by atoms with Crippen molar-refractivity contribution in [2.75, 3.05) is 17.2 Å². The number of pyridine rings is 1. The van der Waals surface area contributed by atoms with E-state index in [0.29, 0.717) is 51.7 Å². The highest BCUT2D eigenvalue weighted by atomic mass is 32.1. The van der Waals surface area contributed by atoms with E-state index in [1.807, 2.05) is 6.07 Å². The molecule has 0 amide bonds. The molecule has 1 fully saturated rings. The molecule has 1 aliphatic rings. The van der Waals surface area contributed by atoms with E-state index in [0.717, 1.165) is 4.70 Å². The SMILES string of the molecule is Cc1nc(N[C@H](C)c2ccc(OC(F)(F)F)cc2)nc(N[C@@H]2C[C@H](CO)[C@@H](O)[C@H]2O)c1-c1nc2c(CCC#N)nccc2s1. The van der Waals surface area contributed by atoms with Crippen LogP contribution < -0.4 is 15.4 Å². The highest BCUT2D eigenvalue weighted by molar-refractivity contribution is 7.21. The van der Waals surface area contributed by atoms with Crippen LogP contribution in [-0.2, 0) is 6.42 Å². The Kier molecular flexibility index (Phi) is 9.16. The first-order chi connectivity index (χ1) is 21.0. The number of aliphatic hydroxyl groups excluding tert-OH is 3. The fourth-order valence-corrected chi connectivity index (χ4v) is 6.31. The topological polar surface area (TPSA) is 169 Å². The average molecular weight is 630 g/mol. The molecule has 0 bridgehead atoms. The van der Waals surface area contributed by atoms with Crippen LogP contribution in [0, 0.1) is 24.2 Å². The number of nitrogens with zero attached hydrogens (tertiary/aromatic N) is 5. The molecule has 0 unspecified atom stereocenters. The van der Waals surface area contributed by atoms with E-state index in [2.05, 4.69) is 31.4 Å². The lowest BCUT2D eigenvalue weighted by Crippen LogP contribution is -2.35. The fourth-order valence-electron chi connectivity index (χ4n) is 5.23. The Morgan fingerprint density at radius 3 is 2.55 bits per heavy atom. The molecule has 1 saturated carbocycles. The summed E-state index contributed by atoms with van der Waals surface area (Å²) >= 11 is 1.39. The Morgan fingerprint density at radius 2 is 1.89 bits per heavy atom. The van der Waals surface area contributed by atoms with Gasteiger partial charge in [0, 0.05) is 31.6 Å². The predicted octanol–water partition coefficient (Wildman–Crippen LogP) is 4.50. The van der Waals surface area contributed by atoms with Crippen LogP contribution in [0.25, 0.3) is 20.8 Å². The Morgan fingerprint density at radius 1 is 1.14 bits per heavy atom. The van der Waals surface area contributed by atoms with Gasteiger partial charge in [-0.1, -0.05) is 12.1 Å². The van der Waals surface area contributed by atoms with E-state index in [-0.39, 0.29) is 24.7 Å². The maximum atomic E-state index is 12.6. The summed E-state index contributed by atoms with van der Waals surface area (Å²) in [6.07, 6.45) is -4.40. The molecular formula is C29H30F3N7O4S. The molecule has 0 aliphatic heterocycles. The number of aliphatic hydroxyl groups is 3. The van der Waals surface area contributed by atoms with E-state index >= 15 is 0 Å². The number of nitrogens with one attached hydrogen (secondary N) is 2. The number of rotatable bonds is 10. The summed E-state index contributed by atoms with van der Waals surface area (Å²) in [5, 5.41) is 46.9. The van der Waals surface area contributed by atoms with Crippen LogP contribution in [0.1, 0.15) is 42.8 Å². The summed E-state index contributed by atoms with van der Waals surface area (Å²) in [4.78, 5) is 18.6. The fraction of sp³-hybridized carbons (Fsp3) is 0.414. The number of aromatic nitrogens is 4. The van der Waals surface area contributed by atoms with Gasteiger partial charge < -0.3 is 30.7 Å². The van der Waals surface area contributed by atoms with Crippen molar-refractivity contribution >= 4 is 33.3 Å². The monoisotopic (exact) mass is 629 g/mol. The van der Waals surface area contributed by atoms with Crippen LogP contribution >= 0.6 is 11.3 Å². The average Bonchev–Trinajstić information content (AvgIpc) is 3.52. The predicted molar refractivity (Wildman–Crippen MR) is 157 cm³/mol. The summed E-state index contributed by atoms with van der Waals surface area (Å²) in [6, 6.07) is 8.36. The zero-order chi connectivity index (χ0) is 31.6. The van der Waals surface area contributed by atoms with Gasteiger partial charge in [0.15, 0.2) is 0 Å². The first-order valence-electron chi connectivity index (χ1n) is 13.8. The molecule has 15 heteroatoms. The number of halogens is 3. The summed E-state index contributed by atoms with van der Waals surface area (Å²) in [5.74, 6) is -0.314. The van der Waals surface area contributed by atoms with Crippen molar-refractivity contribution in [1.29, 1.82) is 5.26 Å². The van der Waals surface area contributed by atoms with Crippen molar-refractivity contribution in [3.63, 3.8) is 0 Å². The molecule has 4 aromatic rings. The Balaban J connectivity index is 1.50. The number of nitriles is 1. The summed E-state index contributed by atoms with van der Waals surface area (Å²) in [7, 11) is 0. The number of alkyl halides is 3. The van der Waals surface area contributed by atoms with E-state index in [1.54, 1.807) is 20.0 Å². The second-order valence-electron chi connectivity index (χ2n) is 10.5. The lowest BCUT2D eigenvalue weighted by molar-refractivity contribution is -0.274. The largest absolute Gasteiger partial charge is 0.573 e. The Labute approximate surface area is 254 Å². The van der Waals surface area contributed by atoms with Gasteiger partial charge in [0.05, 0.1) is 45.9 Å². The molecule has 5 atom stereocenters. The number of hydrogen-bond acceptors (Lipinski definition) is 12. The number of hydrogen-bond donors (Lipinski definition) is 5. The minimum Gasteiger partial charge on any atom is -0.406 e. The molecule has 3 aromatic heterocycles. The zero-order valence-electron chi connectivity index (χ0n) is 23.7. The van der Waals surface area contributed by atoms with Crippen molar-refractivity contribution in [3.8, 4) is 22.4 Å². The summed E-state index contributed by atoms with van der Waals surface area (Å²) < 4.78 is 42.5. The van der Waals surface area contributed by atoms with Crippen LogP contribution in [0.3, 0.4) is 0 Å². The van der Waals surface area contributed by atoms with Gasteiger partial charge in [-0.3, -0.25) is 4.98 Å². The number of benzene rings is 1. The van der Waals surface area contributed by atoms with Gasteiger partial charge in [-0.15, -0.1) is 24.5 Å². The summed E-state index contributed by atoms with van der Waals surface area (Å²) in [6.45, 7) is 3.28. The molecule has 1 aromatic carbocycles. The molecule has 232 valence electrons. The summed E-state index contributed by atoms with van der Waals surface area (Å²) in [5.41, 5.74) is 3.13. The Bertz CT molecular complexity index is 1660. The molecule has 0 saturated heterocycles. The first kappa shape index (κ1) is 31.3. The van der Waals surface area contributed by atoms with Gasteiger partial charge in [-0.2, -0.15) is 10.2 Å².